The maximum absolute atomic E-state index is 10.3. The van der Waals surface area contributed by atoms with Crippen LogP contribution in [-0.4, -0.2) is 22.4 Å². The summed E-state index contributed by atoms with van der Waals surface area (Å²) >= 11 is 3.87. The van der Waals surface area contributed by atoms with Gasteiger partial charge in [0.25, 0.3) is 0 Å². The van der Waals surface area contributed by atoms with Gasteiger partial charge in [-0.1, -0.05) is 6.08 Å². The Morgan fingerprint density at radius 1 is 1.45 bits per heavy atom. The Morgan fingerprint density at radius 2 is 2.09 bits per heavy atom. The quantitative estimate of drug-likeness (QED) is 0.489. The third-order valence-corrected chi connectivity index (χ3v) is 4.23. The second-order valence-electron chi connectivity index (χ2n) is 2.49. The van der Waals surface area contributed by atoms with Crippen molar-refractivity contribution in [3.63, 3.8) is 0 Å². The molecule has 0 radical (unpaired) electrons. The van der Waals surface area contributed by atoms with Crippen molar-refractivity contribution in [1.29, 1.82) is 0 Å². The second kappa shape index (κ2) is 4.88. The van der Waals surface area contributed by atoms with Crippen LogP contribution in [0.25, 0.3) is 0 Å². The summed E-state index contributed by atoms with van der Waals surface area (Å²) in [6, 6.07) is 0. The normalized spacial score (nSPS) is 21.7. The molecule has 1 aliphatic rings. The molecule has 1 heterocycles. The van der Waals surface area contributed by atoms with Crippen LogP contribution in [0.5, 0.6) is 0 Å². The topological polar surface area (TPSA) is 17.1 Å². The van der Waals surface area contributed by atoms with E-state index in [-0.39, 0.29) is 0 Å². The van der Waals surface area contributed by atoms with Gasteiger partial charge < -0.3 is 0 Å². The minimum Gasteiger partial charge on any atom is -0.298 e. The summed E-state index contributed by atoms with van der Waals surface area (Å²) in [7, 11) is 0. The summed E-state index contributed by atoms with van der Waals surface area (Å²) < 4.78 is 0.522. The number of allylic oxidation sites excluding steroid dienone is 1. The molecule has 3 heteroatoms. The monoisotopic (exact) mass is 188 g/mol. The fourth-order valence-corrected chi connectivity index (χ4v) is 3.71. The molecule has 1 nitrogen and oxygen atoms in total. The van der Waals surface area contributed by atoms with Crippen molar-refractivity contribution < 1.29 is 4.79 Å². The molecule has 1 rings (SSSR count). The van der Waals surface area contributed by atoms with Crippen molar-refractivity contribution >= 4 is 29.8 Å². The van der Waals surface area contributed by atoms with Crippen LogP contribution >= 0.6 is 23.5 Å². The van der Waals surface area contributed by atoms with Crippen molar-refractivity contribution in [2.75, 3.05) is 11.5 Å². The van der Waals surface area contributed by atoms with Gasteiger partial charge in [0.1, 0.15) is 6.29 Å². The van der Waals surface area contributed by atoms with Gasteiger partial charge in [0.05, 0.1) is 4.58 Å². The molecule has 0 bridgehead atoms. The van der Waals surface area contributed by atoms with Gasteiger partial charge in [0.2, 0.25) is 0 Å². The first-order valence-electron chi connectivity index (χ1n) is 3.70. The molecule has 62 valence electrons. The average Bonchev–Trinajstić information content (AvgIpc) is 2.06. The third kappa shape index (κ3) is 3.34. The van der Waals surface area contributed by atoms with E-state index in [1.54, 1.807) is 0 Å². The van der Waals surface area contributed by atoms with Crippen LogP contribution in [0.1, 0.15) is 13.3 Å². The van der Waals surface area contributed by atoms with Crippen molar-refractivity contribution in [2.24, 2.45) is 0 Å². The number of carbonyl (C=O) groups excluding carboxylic acids is 1. The molecule has 1 saturated heterocycles. The highest BCUT2D eigenvalue weighted by Crippen LogP contribution is 2.31. The van der Waals surface area contributed by atoms with Gasteiger partial charge in [-0.25, -0.2) is 0 Å². The first-order valence-corrected chi connectivity index (χ1v) is 5.79. The van der Waals surface area contributed by atoms with Gasteiger partial charge >= 0.3 is 0 Å². The van der Waals surface area contributed by atoms with E-state index in [0.717, 1.165) is 11.9 Å². The number of rotatable bonds is 2. The molecule has 11 heavy (non-hydrogen) atoms. The van der Waals surface area contributed by atoms with E-state index in [9.17, 15) is 4.79 Å². The van der Waals surface area contributed by atoms with E-state index in [1.807, 2.05) is 30.4 Å². The van der Waals surface area contributed by atoms with Gasteiger partial charge in [0, 0.05) is 0 Å². The van der Waals surface area contributed by atoms with Gasteiger partial charge in [-0.05, 0) is 30.4 Å². The highest BCUT2D eigenvalue weighted by Gasteiger charge is 2.11. The highest BCUT2D eigenvalue weighted by molar-refractivity contribution is 8.17. The minimum absolute atomic E-state index is 0.522. The zero-order valence-electron chi connectivity index (χ0n) is 6.58. The lowest BCUT2D eigenvalue weighted by molar-refractivity contribution is -0.104. The van der Waals surface area contributed by atoms with E-state index < -0.39 is 0 Å². The van der Waals surface area contributed by atoms with E-state index in [2.05, 4.69) is 6.08 Å². The first kappa shape index (κ1) is 9.20. The summed E-state index contributed by atoms with van der Waals surface area (Å²) in [5, 5.41) is 0. The molecule has 1 fully saturated rings. The summed E-state index contributed by atoms with van der Waals surface area (Å²) in [6.45, 7) is 1.86. The Bertz CT molecular complexity index is 159. The number of carbonyl (C=O) groups is 1. The van der Waals surface area contributed by atoms with Crippen LogP contribution in [0.4, 0.5) is 0 Å². The molecular weight excluding hydrogens is 176 g/mol. The molecule has 0 aromatic carbocycles. The van der Waals surface area contributed by atoms with Crippen LogP contribution in [0, 0.1) is 0 Å². The predicted octanol–water partition coefficient (Wildman–Crippen LogP) is 2.33. The molecule has 0 spiro atoms. The van der Waals surface area contributed by atoms with Crippen LogP contribution in [-0.2, 0) is 4.79 Å². The Kier molecular flexibility index (Phi) is 4.08. The molecule has 0 unspecified atom stereocenters. The fraction of sp³-hybridized carbons (Fsp3) is 0.625. The van der Waals surface area contributed by atoms with Crippen molar-refractivity contribution in [3.05, 3.63) is 11.6 Å². The maximum atomic E-state index is 10.3. The predicted molar refractivity (Wildman–Crippen MR) is 53.1 cm³/mol. The molecule has 0 amide bonds. The van der Waals surface area contributed by atoms with E-state index in [0.29, 0.717) is 4.58 Å². The van der Waals surface area contributed by atoms with E-state index in [4.69, 9.17) is 0 Å². The van der Waals surface area contributed by atoms with Crippen LogP contribution in [0.2, 0.25) is 0 Å². The summed E-state index contributed by atoms with van der Waals surface area (Å²) in [6.07, 6.45) is 4.29. The minimum atomic E-state index is 0.522. The number of hydrogen-bond acceptors (Lipinski definition) is 3. The van der Waals surface area contributed by atoms with E-state index >= 15 is 0 Å². The highest BCUT2D eigenvalue weighted by atomic mass is 32.2. The lowest BCUT2D eigenvalue weighted by Gasteiger charge is -2.17. The lowest BCUT2D eigenvalue weighted by atomic mass is 10.3. The summed E-state index contributed by atoms with van der Waals surface area (Å²) in [5.41, 5.74) is 0.858. The van der Waals surface area contributed by atoms with Gasteiger partial charge in [-0.2, -0.15) is 0 Å². The van der Waals surface area contributed by atoms with Crippen LogP contribution in [0.3, 0.4) is 0 Å². The van der Waals surface area contributed by atoms with Gasteiger partial charge in [-0.3, -0.25) is 4.79 Å². The van der Waals surface area contributed by atoms with Crippen LogP contribution < -0.4 is 0 Å². The van der Waals surface area contributed by atoms with Crippen molar-refractivity contribution in [2.45, 2.75) is 17.9 Å². The van der Waals surface area contributed by atoms with Crippen LogP contribution in [0.15, 0.2) is 11.6 Å². The second-order valence-corrected chi connectivity index (χ2v) is 5.29. The zero-order valence-corrected chi connectivity index (χ0v) is 8.21. The molecule has 0 aliphatic carbocycles. The molecule has 1 aliphatic heterocycles. The molecule has 0 saturated carbocycles. The Balaban J connectivity index is 2.40. The molecule has 0 atom stereocenters. The standard InChI is InChI=1S/C8H12OS2/c1-7(6-9)5-8-10-3-2-4-11-8/h5-6,8H,2-4H2,1H3. The van der Waals surface area contributed by atoms with Gasteiger partial charge in [-0.15, -0.1) is 23.5 Å². The first-order chi connectivity index (χ1) is 5.33. The molecule has 0 aromatic heterocycles. The largest absolute Gasteiger partial charge is 0.298 e. The fourth-order valence-electron chi connectivity index (χ4n) is 0.856. The van der Waals surface area contributed by atoms with Gasteiger partial charge in [0.15, 0.2) is 0 Å². The zero-order chi connectivity index (χ0) is 8.10. The van der Waals surface area contributed by atoms with Crippen molar-refractivity contribution in [1.82, 2.24) is 0 Å². The molecule has 0 aromatic rings. The Hall–Kier alpha value is 0.110. The summed E-state index contributed by atoms with van der Waals surface area (Å²) in [5.74, 6) is 2.47. The third-order valence-electron chi connectivity index (χ3n) is 1.44. The van der Waals surface area contributed by atoms with E-state index in [1.165, 1.54) is 17.9 Å². The molecule has 0 N–H and O–H groups in total. The SMILES string of the molecule is CC(C=O)=CC1SCCCS1. The van der Waals surface area contributed by atoms with Crippen molar-refractivity contribution in [3.8, 4) is 0 Å². The number of hydrogen-bond donors (Lipinski definition) is 0. The lowest BCUT2D eigenvalue weighted by Crippen LogP contribution is -2.04. The average molecular weight is 188 g/mol. The Morgan fingerprint density at radius 3 is 2.64 bits per heavy atom. The summed E-state index contributed by atoms with van der Waals surface area (Å²) in [4.78, 5) is 10.3. The Labute approximate surface area is 76.0 Å². The molecular formula is C8H12OS2. The number of aldehydes is 1. The number of thioether (sulfide) groups is 2. The smallest absolute Gasteiger partial charge is 0.145 e. The maximum Gasteiger partial charge on any atom is 0.145 e.